The summed E-state index contributed by atoms with van der Waals surface area (Å²) in [5.74, 6) is -0.456. The minimum atomic E-state index is -0.851. The third-order valence-corrected chi connectivity index (χ3v) is 4.80. The zero-order chi connectivity index (χ0) is 19.3. The number of hydrogen-bond acceptors (Lipinski definition) is 4. The Hall–Kier alpha value is -2.28. The van der Waals surface area contributed by atoms with Crippen molar-refractivity contribution in [2.45, 2.75) is 32.4 Å². The van der Waals surface area contributed by atoms with Crippen LogP contribution in [0, 0.1) is 11.8 Å². The van der Waals surface area contributed by atoms with Crippen LogP contribution in [0.15, 0.2) is 24.3 Å². The number of rotatable bonds is 6. The fraction of sp³-hybridized carbons (Fsp3) is 0.579. The molecule has 26 heavy (non-hydrogen) atoms. The molecule has 4 unspecified atom stereocenters. The largest absolute Gasteiger partial charge is 0.497 e. The van der Waals surface area contributed by atoms with Gasteiger partial charge in [-0.15, -0.1) is 0 Å². The van der Waals surface area contributed by atoms with Crippen LogP contribution in [0.2, 0.25) is 0 Å². The van der Waals surface area contributed by atoms with E-state index in [0.717, 1.165) is 11.3 Å². The summed E-state index contributed by atoms with van der Waals surface area (Å²) < 4.78 is 10.7. The molecule has 7 nitrogen and oxygen atoms in total. The minimum absolute atomic E-state index is 0.158. The van der Waals surface area contributed by atoms with Gasteiger partial charge in [0.25, 0.3) is 0 Å². The molecular formula is C19H28N2O5. The van der Waals surface area contributed by atoms with E-state index in [2.05, 4.69) is 5.32 Å². The quantitative estimate of drug-likeness (QED) is 0.810. The number of carbonyl (C=O) groups excluding carboxylic acids is 1. The number of methoxy groups -OCH3 is 2. The fourth-order valence-corrected chi connectivity index (χ4v) is 3.48. The van der Waals surface area contributed by atoms with E-state index in [1.807, 2.05) is 38.1 Å². The number of carboxylic acids is 1. The summed E-state index contributed by atoms with van der Waals surface area (Å²) in [5.41, 5.74) is 0.927. The zero-order valence-electron chi connectivity index (χ0n) is 15.8. The third kappa shape index (κ3) is 4.88. The first-order valence-electron chi connectivity index (χ1n) is 8.80. The fourth-order valence-electron chi connectivity index (χ4n) is 3.48. The molecule has 1 aliphatic rings. The van der Waals surface area contributed by atoms with Gasteiger partial charge in [-0.1, -0.05) is 19.1 Å². The van der Waals surface area contributed by atoms with E-state index >= 15 is 0 Å². The maximum absolute atomic E-state index is 12.6. The van der Waals surface area contributed by atoms with Crippen LogP contribution in [0.4, 0.5) is 4.79 Å². The Morgan fingerprint density at radius 1 is 1.23 bits per heavy atom. The van der Waals surface area contributed by atoms with E-state index in [0.29, 0.717) is 13.0 Å². The van der Waals surface area contributed by atoms with Crippen LogP contribution in [0.3, 0.4) is 0 Å². The van der Waals surface area contributed by atoms with Crippen LogP contribution in [0.25, 0.3) is 0 Å². The number of hydrogen-bond donors (Lipinski definition) is 2. The molecule has 4 atom stereocenters. The van der Waals surface area contributed by atoms with Gasteiger partial charge < -0.3 is 24.8 Å². The van der Waals surface area contributed by atoms with E-state index in [4.69, 9.17) is 9.47 Å². The lowest BCUT2D eigenvalue weighted by molar-refractivity contribution is -0.143. The van der Waals surface area contributed by atoms with Crippen molar-refractivity contribution in [2.24, 2.45) is 11.8 Å². The van der Waals surface area contributed by atoms with Gasteiger partial charge in [-0.25, -0.2) is 4.79 Å². The maximum atomic E-state index is 12.6. The lowest BCUT2D eigenvalue weighted by Gasteiger charge is -2.36. The minimum Gasteiger partial charge on any atom is -0.497 e. The number of urea groups is 1. The van der Waals surface area contributed by atoms with Crippen LogP contribution in [0.5, 0.6) is 5.75 Å². The van der Waals surface area contributed by atoms with Gasteiger partial charge in [-0.3, -0.25) is 4.79 Å². The van der Waals surface area contributed by atoms with Gasteiger partial charge in [0.2, 0.25) is 0 Å². The molecule has 1 saturated heterocycles. The average molecular weight is 364 g/mol. The van der Waals surface area contributed by atoms with E-state index < -0.39 is 11.9 Å². The third-order valence-electron chi connectivity index (χ3n) is 4.80. The first-order chi connectivity index (χ1) is 12.3. The second-order valence-corrected chi connectivity index (χ2v) is 6.95. The van der Waals surface area contributed by atoms with Crippen molar-refractivity contribution in [1.82, 2.24) is 10.2 Å². The molecule has 1 aromatic rings. The summed E-state index contributed by atoms with van der Waals surface area (Å²) in [4.78, 5) is 25.5. The van der Waals surface area contributed by atoms with Crippen molar-refractivity contribution in [3.63, 3.8) is 0 Å². The Morgan fingerprint density at radius 2 is 1.88 bits per heavy atom. The monoisotopic (exact) mass is 364 g/mol. The highest BCUT2D eigenvalue weighted by Gasteiger charge is 2.33. The van der Waals surface area contributed by atoms with E-state index in [1.165, 1.54) is 0 Å². The zero-order valence-corrected chi connectivity index (χ0v) is 15.8. The van der Waals surface area contributed by atoms with Crippen molar-refractivity contribution in [2.75, 3.05) is 27.3 Å². The van der Waals surface area contributed by atoms with Crippen molar-refractivity contribution in [3.8, 4) is 5.75 Å². The maximum Gasteiger partial charge on any atom is 0.317 e. The summed E-state index contributed by atoms with van der Waals surface area (Å²) in [6, 6.07) is 6.96. The van der Waals surface area contributed by atoms with Gasteiger partial charge in [0.1, 0.15) is 11.9 Å². The van der Waals surface area contributed by atoms with Crippen LogP contribution in [-0.2, 0) is 9.53 Å². The van der Waals surface area contributed by atoms with Gasteiger partial charge in [0, 0.05) is 20.2 Å². The highest BCUT2D eigenvalue weighted by Crippen LogP contribution is 2.25. The van der Waals surface area contributed by atoms with Gasteiger partial charge in [-0.05, 0) is 37.0 Å². The molecule has 1 aromatic carbocycles. The van der Waals surface area contributed by atoms with Crippen LogP contribution in [-0.4, -0.2) is 55.4 Å². The molecule has 0 aliphatic carbocycles. The second kappa shape index (κ2) is 8.89. The van der Waals surface area contributed by atoms with Gasteiger partial charge in [0.05, 0.1) is 19.1 Å². The Bertz CT molecular complexity index is 619. The molecule has 2 amide bonds. The first-order valence-corrected chi connectivity index (χ1v) is 8.80. The van der Waals surface area contributed by atoms with Crippen molar-refractivity contribution >= 4 is 12.0 Å². The highest BCUT2D eigenvalue weighted by molar-refractivity contribution is 5.77. The standard InChI is InChI=1S/C19H28N2O5/c1-12-9-15(18(22)23)11-21(10-12)19(24)20-13(2)17(26-4)14-5-7-16(25-3)8-6-14/h5-8,12-13,15,17H,9-11H2,1-4H3,(H,20,24)(H,22,23). The average Bonchev–Trinajstić information content (AvgIpc) is 2.62. The van der Waals surface area contributed by atoms with Crippen LogP contribution < -0.4 is 10.1 Å². The number of nitrogens with zero attached hydrogens (tertiary/aromatic N) is 1. The number of piperidine rings is 1. The van der Waals surface area contributed by atoms with Gasteiger partial charge in [0.15, 0.2) is 0 Å². The number of ether oxygens (including phenoxy) is 2. The van der Waals surface area contributed by atoms with E-state index in [1.54, 1.807) is 19.1 Å². The topological polar surface area (TPSA) is 88.1 Å². The number of carbonyl (C=O) groups is 2. The molecule has 1 aliphatic heterocycles. The summed E-state index contributed by atoms with van der Waals surface area (Å²) in [6.45, 7) is 4.63. The molecule has 2 rings (SSSR count). The normalized spacial score (nSPS) is 22.4. The lowest BCUT2D eigenvalue weighted by atomic mass is 9.91. The summed E-state index contributed by atoms with van der Waals surface area (Å²) in [7, 11) is 3.21. The number of benzene rings is 1. The van der Waals surface area contributed by atoms with E-state index in [9.17, 15) is 14.7 Å². The first kappa shape index (κ1) is 20.0. The number of carboxylic acid groups (broad SMARTS) is 1. The molecule has 0 saturated carbocycles. The Balaban J connectivity index is 2.02. The number of nitrogens with one attached hydrogen (secondary N) is 1. The number of amides is 2. The molecular weight excluding hydrogens is 336 g/mol. The van der Waals surface area contributed by atoms with Gasteiger partial charge in [-0.2, -0.15) is 0 Å². The molecule has 1 heterocycles. The Kier molecular flexibility index (Phi) is 6.85. The molecule has 2 N–H and O–H groups in total. The molecule has 0 spiro atoms. The molecule has 144 valence electrons. The highest BCUT2D eigenvalue weighted by atomic mass is 16.5. The molecule has 0 aromatic heterocycles. The summed E-state index contributed by atoms with van der Waals surface area (Å²) in [6.07, 6.45) is 0.281. The smallest absolute Gasteiger partial charge is 0.317 e. The van der Waals surface area contributed by atoms with Crippen molar-refractivity contribution in [3.05, 3.63) is 29.8 Å². The van der Waals surface area contributed by atoms with Gasteiger partial charge >= 0.3 is 12.0 Å². The Morgan fingerprint density at radius 3 is 2.42 bits per heavy atom. The predicted molar refractivity (Wildman–Crippen MR) is 97.2 cm³/mol. The van der Waals surface area contributed by atoms with Crippen molar-refractivity contribution < 1.29 is 24.2 Å². The van der Waals surface area contributed by atoms with Crippen LogP contribution >= 0.6 is 0 Å². The molecule has 7 heteroatoms. The SMILES string of the molecule is COc1ccc(C(OC)C(C)NC(=O)N2CC(C)CC(C(=O)O)C2)cc1. The predicted octanol–water partition coefficient (Wildman–Crippen LogP) is 2.52. The summed E-state index contributed by atoms with van der Waals surface area (Å²) >= 11 is 0. The molecule has 0 bridgehead atoms. The van der Waals surface area contributed by atoms with Crippen molar-refractivity contribution in [1.29, 1.82) is 0 Å². The summed E-state index contributed by atoms with van der Waals surface area (Å²) in [5, 5.41) is 12.2. The second-order valence-electron chi connectivity index (χ2n) is 6.95. The molecule has 0 radical (unpaired) electrons. The molecule has 1 fully saturated rings. The lowest BCUT2D eigenvalue weighted by Crippen LogP contribution is -2.52. The number of aliphatic carboxylic acids is 1. The Labute approximate surface area is 154 Å². The van der Waals surface area contributed by atoms with Crippen LogP contribution in [0.1, 0.15) is 31.9 Å². The van der Waals surface area contributed by atoms with E-state index in [-0.39, 0.29) is 30.6 Å². The number of likely N-dealkylation sites (tertiary alicyclic amines) is 1.